The summed E-state index contributed by atoms with van der Waals surface area (Å²) in [5.74, 6) is -0.342. The third kappa shape index (κ3) is 0.641. The molecule has 4 atom stereocenters. The van der Waals surface area contributed by atoms with Crippen molar-refractivity contribution in [2.24, 2.45) is 17.8 Å². The smallest absolute Gasteiger partial charge is 0.329 e. The van der Waals surface area contributed by atoms with Gasteiger partial charge in [-0.05, 0) is 25.2 Å². The minimum atomic E-state index is -0.884. The van der Waals surface area contributed by atoms with Gasteiger partial charge in [0.1, 0.15) is 5.54 Å². The fourth-order valence-electron chi connectivity index (χ4n) is 3.51. The first-order valence-corrected chi connectivity index (χ1v) is 4.69. The van der Waals surface area contributed by atoms with Crippen LogP contribution >= 0.6 is 0 Å². The van der Waals surface area contributed by atoms with Gasteiger partial charge in [0, 0.05) is 11.8 Å². The normalized spacial score (nSPS) is 51.1. The van der Waals surface area contributed by atoms with E-state index in [1.807, 2.05) is 0 Å². The summed E-state index contributed by atoms with van der Waals surface area (Å²) in [6, 6.07) is 0. The van der Waals surface area contributed by atoms with Gasteiger partial charge in [0.15, 0.2) is 0 Å². The highest BCUT2D eigenvalue weighted by molar-refractivity contribution is 5.94. The average Bonchev–Trinajstić information content (AvgIpc) is 2.61. The van der Waals surface area contributed by atoms with Crippen molar-refractivity contribution in [3.8, 4) is 0 Å². The molecule has 0 spiro atoms. The average molecular weight is 181 g/mol. The van der Waals surface area contributed by atoms with E-state index in [1.165, 1.54) is 0 Å². The number of hydrogen-bond donors (Lipinski definition) is 2. The van der Waals surface area contributed by atoms with Crippen LogP contribution in [0.5, 0.6) is 0 Å². The molecular weight excluding hydrogens is 170 g/mol. The highest BCUT2D eigenvalue weighted by Crippen LogP contribution is 2.57. The molecule has 3 fully saturated rings. The molecule has 3 aliphatic rings. The van der Waals surface area contributed by atoms with Gasteiger partial charge < -0.3 is 10.4 Å². The summed E-state index contributed by atoms with van der Waals surface area (Å²) in [5, 5.41) is 11.8. The Morgan fingerprint density at radius 1 is 1.54 bits per heavy atom. The maximum atomic E-state index is 11.4. The first-order valence-electron chi connectivity index (χ1n) is 4.69. The Bertz CT molecular complexity index is 312. The highest BCUT2D eigenvalue weighted by atomic mass is 16.4. The molecule has 1 heterocycles. The van der Waals surface area contributed by atoms with E-state index in [1.54, 1.807) is 0 Å². The van der Waals surface area contributed by atoms with E-state index in [0.717, 1.165) is 12.8 Å². The molecule has 1 saturated heterocycles. The van der Waals surface area contributed by atoms with Crippen LogP contribution in [0.2, 0.25) is 0 Å². The van der Waals surface area contributed by atoms with Crippen molar-refractivity contribution >= 4 is 11.9 Å². The van der Waals surface area contributed by atoms with Crippen LogP contribution in [0.1, 0.15) is 19.3 Å². The van der Waals surface area contributed by atoms with Gasteiger partial charge in [-0.1, -0.05) is 0 Å². The fourth-order valence-corrected chi connectivity index (χ4v) is 3.51. The zero-order valence-electron chi connectivity index (χ0n) is 7.12. The maximum Gasteiger partial charge on any atom is 0.329 e. The third-order valence-electron chi connectivity index (χ3n) is 3.97. The summed E-state index contributed by atoms with van der Waals surface area (Å²) in [5.41, 5.74) is -0.884. The second-order valence-electron chi connectivity index (χ2n) is 4.52. The van der Waals surface area contributed by atoms with E-state index < -0.39 is 11.5 Å². The molecule has 3 rings (SSSR count). The lowest BCUT2D eigenvalue weighted by molar-refractivity contribution is -0.146. The Morgan fingerprint density at radius 3 is 2.85 bits per heavy atom. The Kier molecular flexibility index (Phi) is 1.07. The molecule has 2 saturated carbocycles. The quantitative estimate of drug-likeness (QED) is 0.597. The lowest BCUT2D eigenvalue weighted by Gasteiger charge is -2.27. The first kappa shape index (κ1) is 7.35. The molecule has 4 nitrogen and oxygen atoms in total. The van der Waals surface area contributed by atoms with Crippen LogP contribution < -0.4 is 5.32 Å². The van der Waals surface area contributed by atoms with Gasteiger partial charge in [-0.3, -0.25) is 4.79 Å². The largest absolute Gasteiger partial charge is 0.479 e. The van der Waals surface area contributed by atoms with Crippen LogP contribution in [0.4, 0.5) is 0 Å². The summed E-state index contributed by atoms with van der Waals surface area (Å²) in [6.45, 7) is 0. The van der Waals surface area contributed by atoms with Gasteiger partial charge in [0.2, 0.25) is 5.91 Å². The zero-order valence-corrected chi connectivity index (χ0v) is 7.12. The summed E-state index contributed by atoms with van der Waals surface area (Å²) in [4.78, 5) is 22.5. The van der Waals surface area contributed by atoms with E-state index in [4.69, 9.17) is 5.11 Å². The molecule has 70 valence electrons. The number of carboxylic acids is 1. The Hall–Kier alpha value is -1.06. The van der Waals surface area contributed by atoms with Crippen molar-refractivity contribution in [2.45, 2.75) is 24.8 Å². The van der Waals surface area contributed by atoms with Crippen LogP contribution in [0.15, 0.2) is 0 Å². The molecule has 0 aromatic carbocycles. The van der Waals surface area contributed by atoms with Crippen molar-refractivity contribution in [2.75, 3.05) is 0 Å². The van der Waals surface area contributed by atoms with Gasteiger partial charge in [-0.2, -0.15) is 0 Å². The number of carbonyl (C=O) groups excluding carboxylic acids is 1. The minimum Gasteiger partial charge on any atom is -0.479 e. The van der Waals surface area contributed by atoms with Crippen molar-refractivity contribution in [3.05, 3.63) is 0 Å². The molecule has 2 aliphatic carbocycles. The Morgan fingerprint density at radius 2 is 2.31 bits per heavy atom. The van der Waals surface area contributed by atoms with Gasteiger partial charge in [0.05, 0.1) is 0 Å². The van der Waals surface area contributed by atoms with Crippen molar-refractivity contribution in [3.63, 3.8) is 0 Å². The van der Waals surface area contributed by atoms with Crippen LogP contribution in [0.3, 0.4) is 0 Å². The SMILES string of the molecule is O=C1N[C@]2(C(=O)O)C[C@@H]3C[C@@H]2[C@H]1C3. The summed E-state index contributed by atoms with van der Waals surface area (Å²) < 4.78 is 0. The molecule has 4 heteroatoms. The molecule has 0 radical (unpaired) electrons. The van der Waals surface area contributed by atoms with E-state index in [2.05, 4.69) is 5.32 Å². The fraction of sp³-hybridized carbons (Fsp3) is 0.778. The predicted molar refractivity (Wildman–Crippen MR) is 42.8 cm³/mol. The van der Waals surface area contributed by atoms with Gasteiger partial charge in [0.25, 0.3) is 0 Å². The van der Waals surface area contributed by atoms with Crippen LogP contribution in [0.25, 0.3) is 0 Å². The van der Waals surface area contributed by atoms with Gasteiger partial charge in [-0.15, -0.1) is 0 Å². The second-order valence-corrected chi connectivity index (χ2v) is 4.52. The number of nitrogens with one attached hydrogen (secondary N) is 1. The lowest BCUT2D eigenvalue weighted by Crippen LogP contribution is -2.50. The van der Waals surface area contributed by atoms with E-state index in [-0.39, 0.29) is 17.7 Å². The summed E-state index contributed by atoms with van der Waals surface area (Å²) in [6.07, 6.45) is 2.48. The topological polar surface area (TPSA) is 66.4 Å². The third-order valence-corrected chi connectivity index (χ3v) is 3.97. The molecule has 0 aromatic heterocycles. The standard InChI is InChI=1S/C9H11NO3/c11-7-5-1-4-2-6(5)9(3-4,10-7)8(12)13/h4-6H,1-3H2,(H,10,11)(H,12,13)/t4-,5+,6+,9+/m0/s1. The van der Waals surface area contributed by atoms with Gasteiger partial charge >= 0.3 is 5.97 Å². The first-order chi connectivity index (χ1) is 6.13. The van der Waals surface area contributed by atoms with Crippen LogP contribution in [0, 0.1) is 17.8 Å². The number of rotatable bonds is 1. The molecule has 2 N–H and O–H groups in total. The van der Waals surface area contributed by atoms with Crippen LogP contribution in [-0.4, -0.2) is 22.5 Å². The number of fused-ring (bicyclic) bond motifs is 1. The number of carbonyl (C=O) groups is 2. The second kappa shape index (κ2) is 1.89. The zero-order chi connectivity index (χ0) is 9.22. The van der Waals surface area contributed by atoms with Crippen molar-refractivity contribution in [1.82, 2.24) is 5.32 Å². The molecule has 0 aromatic rings. The molecule has 1 aliphatic heterocycles. The number of amides is 1. The maximum absolute atomic E-state index is 11.4. The van der Waals surface area contributed by atoms with E-state index in [0.29, 0.717) is 12.3 Å². The molecular formula is C9H11NO3. The Balaban J connectivity index is 2.09. The number of carboxylic acid groups (broad SMARTS) is 1. The van der Waals surface area contributed by atoms with E-state index in [9.17, 15) is 9.59 Å². The molecule has 2 bridgehead atoms. The molecule has 1 amide bonds. The number of aliphatic carboxylic acids is 1. The molecule has 13 heavy (non-hydrogen) atoms. The monoisotopic (exact) mass is 181 g/mol. The van der Waals surface area contributed by atoms with Crippen molar-refractivity contribution in [1.29, 1.82) is 0 Å². The highest BCUT2D eigenvalue weighted by Gasteiger charge is 2.66. The molecule has 0 unspecified atom stereocenters. The van der Waals surface area contributed by atoms with E-state index >= 15 is 0 Å². The summed E-state index contributed by atoms with van der Waals surface area (Å²) in [7, 11) is 0. The minimum absolute atomic E-state index is 0.00477. The van der Waals surface area contributed by atoms with Gasteiger partial charge in [-0.25, -0.2) is 4.79 Å². The van der Waals surface area contributed by atoms with Crippen LogP contribution in [-0.2, 0) is 9.59 Å². The predicted octanol–water partition coefficient (Wildman–Crippen LogP) is -0.0143. The lowest BCUT2D eigenvalue weighted by atomic mass is 9.79. The Labute approximate surface area is 75.3 Å². The summed E-state index contributed by atoms with van der Waals surface area (Å²) >= 11 is 0. The number of hydrogen-bond acceptors (Lipinski definition) is 2. The van der Waals surface area contributed by atoms with Crippen molar-refractivity contribution < 1.29 is 14.7 Å².